The Morgan fingerprint density at radius 1 is 1.22 bits per heavy atom. The van der Waals surface area contributed by atoms with Crippen molar-refractivity contribution >= 4 is 16.8 Å². The topological polar surface area (TPSA) is 59.6 Å². The number of nitrogens with zero attached hydrogens (tertiary/aromatic N) is 2. The monoisotopic (exact) mass is 371 g/mol. The molecule has 1 aliphatic heterocycles. The van der Waals surface area contributed by atoms with Crippen LogP contribution < -0.4 is 0 Å². The lowest BCUT2D eigenvalue weighted by Crippen LogP contribution is -2.41. The van der Waals surface area contributed by atoms with E-state index in [4.69, 9.17) is 0 Å². The fourth-order valence-electron chi connectivity index (χ4n) is 4.50. The summed E-state index contributed by atoms with van der Waals surface area (Å²) in [6, 6.07) is 4.34. The Morgan fingerprint density at radius 2 is 1.96 bits per heavy atom. The zero-order valence-electron chi connectivity index (χ0n) is 17.4. The molecule has 1 aromatic heterocycles. The number of hydrogen-bond acceptors (Lipinski definition) is 3. The molecule has 0 bridgehead atoms. The van der Waals surface area contributed by atoms with Gasteiger partial charge < -0.3 is 19.9 Å². The molecule has 0 saturated carbocycles. The van der Waals surface area contributed by atoms with Crippen molar-refractivity contribution in [2.75, 3.05) is 33.7 Å². The molecule has 2 aromatic rings. The SMILES string of the molecule is Cc1cc(C)c2[nH]c(C)c(CC(=O)N3CCCC(O)(CN(C)C)CC3)c2c1. The normalized spacial score (nSPS) is 21.1. The molecule has 0 radical (unpaired) electrons. The van der Waals surface area contributed by atoms with Gasteiger partial charge in [0, 0.05) is 36.2 Å². The number of amides is 1. The number of nitrogens with one attached hydrogen (secondary N) is 1. The van der Waals surface area contributed by atoms with Gasteiger partial charge >= 0.3 is 0 Å². The number of aromatic amines is 1. The van der Waals surface area contributed by atoms with Gasteiger partial charge in [0.2, 0.25) is 5.91 Å². The second-order valence-corrected chi connectivity index (χ2v) is 8.61. The number of hydrogen-bond donors (Lipinski definition) is 2. The number of aromatic nitrogens is 1. The minimum Gasteiger partial charge on any atom is -0.388 e. The fourth-order valence-corrected chi connectivity index (χ4v) is 4.50. The van der Waals surface area contributed by atoms with Gasteiger partial charge in [0.15, 0.2) is 0 Å². The van der Waals surface area contributed by atoms with Gasteiger partial charge in [-0.2, -0.15) is 0 Å². The van der Waals surface area contributed by atoms with E-state index in [9.17, 15) is 9.90 Å². The van der Waals surface area contributed by atoms with Crippen LogP contribution in [0.15, 0.2) is 12.1 Å². The standard InChI is InChI=1S/C22H33N3O2/c1-15-11-16(2)21-19(12-15)18(17(3)23-21)13-20(26)25-9-6-7-22(27,8-10-25)14-24(4)5/h11-12,23,27H,6-10,13-14H2,1-5H3. The second-order valence-electron chi connectivity index (χ2n) is 8.61. The van der Waals surface area contributed by atoms with Crippen LogP contribution in [0.3, 0.4) is 0 Å². The molecule has 1 aromatic carbocycles. The summed E-state index contributed by atoms with van der Waals surface area (Å²) in [7, 11) is 3.96. The molecule has 1 aliphatic rings. The van der Waals surface area contributed by atoms with Crippen molar-refractivity contribution in [3.8, 4) is 0 Å². The highest BCUT2D eigenvalue weighted by atomic mass is 16.3. The van der Waals surface area contributed by atoms with Gasteiger partial charge in [-0.15, -0.1) is 0 Å². The number of H-pyrrole nitrogens is 1. The molecule has 3 rings (SSSR count). The van der Waals surface area contributed by atoms with Crippen molar-refractivity contribution in [1.82, 2.24) is 14.8 Å². The van der Waals surface area contributed by atoms with Crippen LogP contribution in [0.4, 0.5) is 0 Å². The van der Waals surface area contributed by atoms with Crippen LogP contribution in [0.2, 0.25) is 0 Å². The maximum Gasteiger partial charge on any atom is 0.227 e. The summed E-state index contributed by atoms with van der Waals surface area (Å²) in [5.41, 5.74) is 5.06. The van der Waals surface area contributed by atoms with Crippen LogP contribution in [0.1, 0.15) is 41.6 Å². The third-order valence-corrected chi connectivity index (χ3v) is 5.78. The summed E-state index contributed by atoms with van der Waals surface area (Å²) in [6.07, 6.45) is 2.66. The van der Waals surface area contributed by atoms with Crippen LogP contribution in [-0.2, 0) is 11.2 Å². The van der Waals surface area contributed by atoms with Gasteiger partial charge in [-0.25, -0.2) is 0 Å². The first-order chi connectivity index (χ1) is 12.7. The van der Waals surface area contributed by atoms with E-state index in [1.54, 1.807) is 0 Å². The van der Waals surface area contributed by atoms with E-state index in [1.807, 2.05) is 23.9 Å². The van der Waals surface area contributed by atoms with Gasteiger partial charge in [-0.3, -0.25) is 4.79 Å². The summed E-state index contributed by atoms with van der Waals surface area (Å²) < 4.78 is 0. The summed E-state index contributed by atoms with van der Waals surface area (Å²) in [4.78, 5) is 20.5. The lowest BCUT2D eigenvalue weighted by Gasteiger charge is -2.30. The summed E-state index contributed by atoms with van der Waals surface area (Å²) >= 11 is 0. The molecule has 2 heterocycles. The highest BCUT2D eigenvalue weighted by Crippen LogP contribution is 2.28. The van der Waals surface area contributed by atoms with E-state index >= 15 is 0 Å². The van der Waals surface area contributed by atoms with Crippen LogP contribution in [-0.4, -0.2) is 65.1 Å². The van der Waals surface area contributed by atoms with E-state index in [0.717, 1.165) is 41.5 Å². The Bertz CT molecular complexity index is 840. The van der Waals surface area contributed by atoms with Gasteiger partial charge in [-0.1, -0.05) is 11.6 Å². The molecule has 1 atom stereocenters. The smallest absolute Gasteiger partial charge is 0.227 e. The van der Waals surface area contributed by atoms with Crippen LogP contribution in [0, 0.1) is 20.8 Å². The lowest BCUT2D eigenvalue weighted by molar-refractivity contribution is -0.130. The highest BCUT2D eigenvalue weighted by molar-refractivity contribution is 5.92. The third-order valence-electron chi connectivity index (χ3n) is 5.78. The number of likely N-dealkylation sites (tertiary alicyclic amines) is 1. The maximum absolute atomic E-state index is 13.0. The number of fused-ring (bicyclic) bond motifs is 1. The molecule has 0 aliphatic carbocycles. The molecule has 148 valence electrons. The van der Waals surface area contributed by atoms with E-state index < -0.39 is 5.60 Å². The Morgan fingerprint density at radius 3 is 2.67 bits per heavy atom. The Hall–Kier alpha value is -1.85. The van der Waals surface area contributed by atoms with Crippen molar-refractivity contribution in [3.63, 3.8) is 0 Å². The van der Waals surface area contributed by atoms with Crippen LogP contribution >= 0.6 is 0 Å². The predicted octanol–water partition coefficient (Wildman–Crippen LogP) is 2.94. The van der Waals surface area contributed by atoms with Crippen molar-refractivity contribution in [2.45, 2.75) is 52.1 Å². The zero-order valence-corrected chi connectivity index (χ0v) is 17.4. The van der Waals surface area contributed by atoms with Gasteiger partial charge in [0.1, 0.15) is 0 Å². The molecule has 0 spiro atoms. The number of aliphatic hydroxyl groups is 1. The first kappa shape index (κ1) is 19.9. The molecule has 1 unspecified atom stereocenters. The van der Waals surface area contributed by atoms with Crippen molar-refractivity contribution < 1.29 is 9.90 Å². The molecule has 5 nitrogen and oxygen atoms in total. The summed E-state index contributed by atoms with van der Waals surface area (Å²) in [6.45, 7) is 8.26. The zero-order chi connectivity index (χ0) is 19.8. The largest absolute Gasteiger partial charge is 0.388 e. The summed E-state index contributed by atoms with van der Waals surface area (Å²) in [5, 5.41) is 12.0. The van der Waals surface area contributed by atoms with Gasteiger partial charge in [-0.05, 0) is 71.3 Å². The third kappa shape index (κ3) is 4.36. The first-order valence-electron chi connectivity index (χ1n) is 9.92. The van der Waals surface area contributed by atoms with E-state index in [2.05, 4.69) is 37.9 Å². The molecular formula is C22H33N3O2. The van der Waals surface area contributed by atoms with Crippen molar-refractivity contribution in [2.24, 2.45) is 0 Å². The molecule has 27 heavy (non-hydrogen) atoms. The van der Waals surface area contributed by atoms with Crippen molar-refractivity contribution in [3.05, 3.63) is 34.5 Å². The van der Waals surface area contributed by atoms with E-state index in [1.165, 1.54) is 11.1 Å². The van der Waals surface area contributed by atoms with E-state index in [-0.39, 0.29) is 5.91 Å². The highest BCUT2D eigenvalue weighted by Gasteiger charge is 2.32. The van der Waals surface area contributed by atoms with Gasteiger partial charge in [0.05, 0.1) is 12.0 Å². The molecule has 1 amide bonds. The molecule has 5 heteroatoms. The molecule has 1 fully saturated rings. The quantitative estimate of drug-likeness (QED) is 0.869. The number of rotatable bonds is 4. The number of aryl methyl sites for hydroxylation is 3. The molecule has 1 saturated heterocycles. The second kappa shape index (κ2) is 7.64. The number of carbonyl (C=O) groups excluding carboxylic acids is 1. The molecular weight excluding hydrogens is 338 g/mol. The van der Waals surface area contributed by atoms with Crippen molar-refractivity contribution in [1.29, 1.82) is 0 Å². The number of likely N-dealkylation sites (N-methyl/N-ethyl adjacent to an activating group) is 1. The lowest BCUT2D eigenvalue weighted by atomic mass is 9.94. The Balaban J connectivity index is 1.76. The van der Waals surface area contributed by atoms with E-state index in [0.29, 0.717) is 25.9 Å². The average Bonchev–Trinajstić information content (AvgIpc) is 2.74. The summed E-state index contributed by atoms with van der Waals surface area (Å²) in [5.74, 6) is 0.160. The number of benzene rings is 1. The van der Waals surface area contributed by atoms with Gasteiger partial charge in [0.25, 0.3) is 0 Å². The average molecular weight is 372 g/mol. The minimum absolute atomic E-state index is 0.160. The van der Waals surface area contributed by atoms with Crippen LogP contribution in [0.5, 0.6) is 0 Å². The predicted molar refractivity (Wildman–Crippen MR) is 110 cm³/mol. The van der Waals surface area contributed by atoms with Crippen LogP contribution in [0.25, 0.3) is 10.9 Å². The minimum atomic E-state index is -0.691. The first-order valence-corrected chi connectivity index (χ1v) is 9.92. The Labute approximate surface area is 162 Å². The Kier molecular flexibility index (Phi) is 5.63. The fraction of sp³-hybridized carbons (Fsp3) is 0.591. The maximum atomic E-state index is 13.0. The number of carbonyl (C=O) groups is 1. The molecule has 2 N–H and O–H groups in total.